The van der Waals surface area contributed by atoms with Gasteiger partial charge in [-0.25, -0.2) is 9.07 Å². The van der Waals surface area contributed by atoms with Gasteiger partial charge in [-0.3, -0.25) is 14.4 Å². The zero-order valence-corrected chi connectivity index (χ0v) is 24.3. The minimum atomic E-state index is -0.734. The van der Waals surface area contributed by atoms with Gasteiger partial charge in [0.25, 0.3) is 0 Å². The monoisotopic (exact) mass is 585 g/mol. The number of piperidine rings is 1. The van der Waals surface area contributed by atoms with Crippen molar-refractivity contribution in [1.82, 2.24) is 35.0 Å². The lowest BCUT2D eigenvalue weighted by molar-refractivity contribution is -0.148. The number of carbonyl (C=O) groups excluding carboxylic acids is 3. The van der Waals surface area contributed by atoms with E-state index in [0.717, 1.165) is 25.9 Å². The van der Waals surface area contributed by atoms with Crippen molar-refractivity contribution in [3.05, 3.63) is 36.3 Å². The molecule has 0 aliphatic carbocycles. The van der Waals surface area contributed by atoms with Crippen LogP contribution in [0, 0.1) is 5.82 Å². The van der Waals surface area contributed by atoms with Gasteiger partial charge in [-0.15, -0.1) is 5.10 Å². The molecule has 1 aromatic carbocycles. The lowest BCUT2D eigenvalue weighted by atomic mass is 10.0. The molecule has 2 aromatic rings. The molecular formula is C29H40FN7O5. The van der Waals surface area contributed by atoms with Crippen LogP contribution in [-0.2, 0) is 23.9 Å². The molecule has 1 N–H and O–H groups in total. The first-order chi connectivity index (χ1) is 20.3. The molecule has 12 nitrogen and oxygen atoms in total. The van der Waals surface area contributed by atoms with Gasteiger partial charge in [0.05, 0.1) is 32.1 Å². The SMILES string of the molecule is CC(C)N1CCC(N2CC(=O)N3C[C@@H](n4cc(-c5ccc(F)cc5)nn4)C[C@H]3C(=O)NCCOCCOCC2=O)CC1. The van der Waals surface area contributed by atoms with E-state index in [2.05, 4.69) is 34.4 Å². The number of carbonyl (C=O) groups is 3. The molecule has 3 aliphatic rings. The van der Waals surface area contributed by atoms with E-state index in [-0.39, 0.29) is 68.5 Å². The first-order valence-electron chi connectivity index (χ1n) is 14.7. The van der Waals surface area contributed by atoms with E-state index in [0.29, 0.717) is 36.9 Å². The Hall–Kier alpha value is -3.42. The van der Waals surface area contributed by atoms with E-state index < -0.39 is 6.04 Å². The molecule has 0 bridgehead atoms. The third-order valence-corrected chi connectivity index (χ3v) is 8.37. The van der Waals surface area contributed by atoms with Crippen molar-refractivity contribution in [3.8, 4) is 11.3 Å². The summed E-state index contributed by atoms with van der Waals surface area (Å²) >= 11 is 0. The first-order valence-corrected chi connectivity index (χ1v) is 14.7. The van der Waals surface area contributed by atoms with E-state index in [1.807, 2.05) is 0 Å². The van der Waals surface area contributed by atoms with Crippen LogP contribution in [0.2, 0.25) is 0 Å². The van der Waals surface area contributed by atoms with Crippen molar-refractivity contribution in [3.63, 3.8) is 0 Å². The molecule has 0 radical (unpaired) electrons. The van der Waals surface area contributed by atoms with Crippen molar-refractivity contribution < 1.29 is 28.2 Å². The quantitative estimate of drug-likeness (QED) is 0.566. The predicted molar refractivity (Wildman–Crippen MR) is 151 cm³/mol. The molecule has 0 spiro atoms. The van der Waals surface area contributed by atoms with E-state index in [1.165, 1.54) is 12.1 Å². The fourth-order valence-electron chi connectivity index (χ4n) is 5.94. The largest absolute Gasteiger partial charge is 0.377 e. The van der Waals surface area contributed by atoms with Crippen LogP contribution in [0.3, 0.4) is 0 Å². The van der Waals surface area contributed by atoms with Gasteiger partial charge in [0.1, 0.15) is 30.7 Å². The number of hydrogen-bond acceptors (Lipinski definition) is 8. The van der Waals surface area contributed by atoms with Crippen LogP contribution in [0.15, 0.2) is 30.5 Å². The maximum absolute atomic E-state index is 13.9. The van der Waals surface area contributed by atoms with Gasteiger partial charge in [0.15, 0.2) is 0 Å². The van der Waals surface area contributed by atoms with Crippen LogP contribution < -0.4 is 5.32 Å². The summed E-state index contributed by atoms with van der Waals surface area (Å²) in [5.74, 6) is -1.14. The van der Waals surface area contributed by atoms with Gasteiger partial charge in [0.2, 0.25) is 17.7 Å². The molecular weight excluding hydrogens is 545 g/mol. The molecule has 0 saturated carbocycles. The van der Waals surface area contributed by atoms with Gasteiger partial charge >= 0.3 is 0 Å². The highest BCUT2D eigenvalue weighted by molar-refractivity contribution is 5.91. The zero-order valence-electron chi connectivity index (χ0n) is 24.3. The number of amides is 3. The number of benzene rings is 1. The summed E-state index contributed by atoms with van der Waals surface area (Å²) < 4.78 is 26.2. The number of rotatable bonds is 4. The van der Waals surface area contributed by atoms with Crippen LogP contribution in [-0.4, -0.2) is 125 Å². The summed E-state index contributed by atoms with van der Waals surface area (Å²) in [6.45, 7) is 7.11. The van der Waals surface area contributed by atoms with Gasteiger partial charge in [-0.05, 0) is 51.0 Å². The highest BCUT2D eigenvalue weighted by atomic mass is 19.1. The molecule has 5 rings (SSSR count). The van der Waals surface area contributed by atoms with Crippen LogP contribution in [0.25, 0.3) is 11.3 Å². The smallest absolute Gasteiger partial charge is 0.249 e. The zero-order chi connectivity index (χ0) is 29.6. The molecule has 42 heavy (non-hydrogen) atoms. The number of hydrogen-bond donors (Lipinski definition) is 1. The Kier molecular flexibility index (Phi) is 9.80. The van der Waals surface area contributed by atoms with Crippen molar-refractivity contribution >= 4 is 17.7 Å². The average molecular weight is 586 g/mol. The first kappa shape index (κ1) is 30.1. The van der Waals surface area contributed by atoms with Crippen LogP contribution in [0.4, 0.5) is 4.39 Å². The Morgan fingerprint density at radius 1 is 0.952 bits per heavy atom. The summed E-state index contributed by atoms with van der Waals surface area (Å²) in [7, 11) is 0. The maximum atomic E-state index is 13.9. The van der Waals surface area contributed by atoms with Crippen molar-refractivity contribution in [2.45, 2.75) is 57.3 Å². The molecule has 1 aromatic heterocycles. The van der Waals surface area contributed by atoms with Gasteiger partial charge in [0, 0.05) is 50.2 Å². The number of ether oxygens (including phenoxy) is 2. The van der Waals surface area contributed by atoms with Crippen LogP contribution >= 0.6 is 0 Å². The predicted octanol–water partition coefficient (Wildman–Crippen LogP) is 1.09. The summed E-state index contributed by atoms with van der Waals surface area (Å²) in [6, 6.07) is 5.26. The van der Waals surface area contributed by atoms with Gasteiger partial charge in [-0.1, -0.05) is 5.21 Å². The number of aromatic nitrogens is 3. The summed E-state index contributed by atoms with van der Waals surface area (Å²) in [4.78, 5) is 46.1. The fourth-order valence-corrected chi connectivity index (χ4v) is 5.94. The lowest BCUT2D eigenvalue weighted by Crippen LogP contribution is -2.54. The van der Waals surface area contributed by atoms with Crippen molar-refractivity contribution in [1.29, 1.82) is 0 Å². The average Bonchev–Trinajstić information content (AvgIpc) is 3.65. The highest BCUT2D eigenvalue weighted by Crippen LogP contribution is 2.29. The molecule has 2 atom stereocenters. The van der Waals surface area contributed by atoms with E-state index in [1.54, 1.807) is 32.8 Å². The number of nitrogens with zero attached hydrogens (tertiary/aromatic N) is 6. The molecule has 3 saturated heterocycles. The second-order valence-electron chi connectivity index (χ2n) is 11.4. The number of likely N-dealkylation sites (tertiary alicyclic amines) is 1. The standard InChI is InChI=1S/C29H40FN7O5/c1-20(2)34-10-7-23(8-11-34)35-18-27(38)36-16-24(37-17-25(32-33-37)21-3-5-22(30)6-4-21)15-26(36)29(40)31-9-12-41-13-14-42-19-28(35)39/h3-6,17,20,23-24,26H,7-16,18-19H2,1-2H3,(H,31,40)/t24-,26-/m0/s1. The molecule has 3 aliphatic heterocycles. The van der Waals surface area contributed by atoms with E-state index >= 15 is 0 Å². The van der Waals surface area contributed by atoms with Gasteiger partial charge in [-0.2, -0.15) is 0 Å². The fraction of sp³-hybridized carbons (Fsp3) is 0.621. The van der Waals surface area contributed by atoms with Crippen molar-refractivity contribution in [2.75, 3.05) is 59.2 Å². The minimum Gasteiger partial charge on any atom is -0.377 e. The molecule has 228 valence electrons. The molecule has 3 fully saturated rings. The Labute approximate surface area is 245 Å². The topological polar surface area (TPSA) is 122 Å². The Morgan fingerprint density at radius 3 is 2.43 bits per heavy atom. The van der Waals surface area contributed by atoms with Crippen LogP contribution in [0.5, 0.6) is 0 Å². The molecule has 0 unspecified atom stereocenters. The summed E-state index contributed by atoms with van der Waals surface area (Å²) in [5.41, 5.74) is 1.28. The van der Waals surface area contributed by atoms with Crippen molar-refractivity contribution in [2.24, 2.45) is 0 Å². The second-order valence-corrected chi connectivity index (χ2v) is 11.4. The van der Waals surface area contributed by atoms with Crippen LogP contribution in [0.1, 0.15) is 39.2 Å². The number of halogens is 1. The highest BCUT2D eigenvalue weighted by Gasteiger charge is 2.42. The van der Waals surface area contributed by atoms with Gasteiger partial charge < -0.3 is 29.5 Å². The molecule has 3 amide bonds. The number of fused-ring (bicyclic) bond motifs is 1. The minimum absolute atomic E-state index is 0.0914. The lowest BCUT2D eigenvalue weighted by Gasteiger charge is -2.40. The Balaban J connectivity index is 1.35. The number of nitrogens with one attached hydrogen (secondary N) is 1. The van der Waals surface area contributed by atoms with E-state index in [4.69, 9.17) is 9.47 Å². The Bertz CT molecular complexity index is 1230. The Morgan fingerprint density at radius 2 is 1.69 bits per heavy atom. The summed E-state index contributed by atoms with van der Waals surface area (Å²) in [6.07, 6.45) is 3.61. The maximum Gasteiger partial charge on any atom is 0.249 e. The normalized spacial score (nSPS) is 24.4. The molecule has 4 heterocycles. The van der Waals surface area contributed by atoms with E-state index in [9.17, 15) is 18.8 Å². The second kappa shape index (κ2) is 13.7. The molecule has 13 heteroatoms. The third-order valence-electron chi connectivity index (χ3n) is 8.37. The third kappa shape index (κ3) is 7.13. The summed E-state index contributed by atoms with van der Waals surface area (Å²) in [5, 5.41) is 11.4.